The molecule has 0 saturated carbocycles. The smallest absolute Gasteiger partial charge is 0.302 e. The zero-order chi connectivity index (χ0) is 22.3. The molecule has 3 heterocycles. The van der Waals surface area contributed by atoms with Crippen LogP contribution in [0.2, 0.25) is 0 Å². The van der Waals surface area contributed by atoms with Crippen molar-refractivity contribution < 1.29 is 19.0 Å². The molecule has 0 unspecified atom stereocenters. The van der Waals surface area contributed by atoms with Crippen LogP contribution >= 0.6 is 0 Å². The number of morpholine rings is 1. The van der Waals surface area contributed by atoms with Crippen molar-refractivity contribution in [3.63, 3.8) is 0 Å². The average molecular weight is 441 g/mol. The Morgan fingerprint density at radius 2 is 2.06 bits per heavy atom. The number of nitrogens with zero attached hydrogens (tertiary/aromatic N) is 5. The van der Waals surface area contributed by atoms with Crippen LogP contribution in [-0.2, 0) is 25.5 Å². The van der Waals surface area contributed by atoms with E-state index in [1.54, 1.807) is 13.4 Å². The van der Waals surface area contributed by atoms with Crippen LogP contribution in [0.3, 0.4) is 0 Å². The largest absolute Gasteiger partial charge is 0.463 e. The zero-order valence-electron chi connectivity index (χ0n) is 18.3. The third-order valence-electron chi connectivity index (χ3n) is 5.21. The number of ether oxygens (including phenoxy) is 3. The van der Waals surface area contributed by atoms with Gasteiger partial charge < -0.3 is 19.5 Å². The standard InChI is InChI=1S/C22H28N6O4/c1-16(29)31-13-18-11-27(10-17-6-4-3-5-7-17)12-19(32-18)28-15-26-20-21(23-8-9-30-2)24-14-25-22(20)28/h3-7,14-15,18-19H,8-13H2,1-2H3,(H,23,24,25)/t18-,19+/m0/s1. The Morgan fingerprint density at radius 1 is 1.22 bits per heavy atom. The second-order valence-electron chi connectivity index (χ2n) is 7.66. The molecule has 10 heteroatoms. The van der Waals surface area contributed by atoms with Crippen molar-refractivity contribution in [2.24, 2.45) is 0 Å². The SMILES string of the molecule is COCCNc1ncnc2c1ncn2[C@H]1CN(Cc2ccccc2)C[C@@H](COC(C)=O)O1. The number of hydrogen-bond donors (Lipinski definition) is 1. The third-order valence-corrected chi connectivity index (χ3v) is 5.21. The van der Waals surface area contributed by atoms with E-state index in [0.717, 1.165) is 6.54 Å². The highest BCUT2D eigenvalue weighted by atomic mass is 16.6. The van der Waals surface area contributed by atoms with Gasteiger partial charge >= 0.3 is 5.97 Å². The quantitative estimate of drug-likeness (QED) is 0.394. The zero-order valence-corrected chi connectivity index (χ0v) is 18.3. The van der Waals surface area contributed by atoms with Crippen LogP contribution in [0, 0.1) is 0 Å². The van der Waals surface area contributed by atoms with Gasteiger partial charge in [0, 0.05) is 40.2 Å². The number of hydrogen-bond acceptors (Lipinski definition) is 9. The lowest BCUT2D eigenvalue weighted by Gasteiger charge is -2.38. The molecule has 1 aromatic carbocycles. The van der Waals surface area contributed by atoms with Gasteiger partial charge in [-0.2, -0.15) is 0 Å². The molecule has 170 valence electrons. The number of fused-ring (bicyclic) bond motifs is 1. The summed E-state index contributed by atoms with van der Waals surface area (Å²) in [5, 5.41) is 3.23. The fourth-order valence-electron chi connectivity index (χ4n) is 3.78. The molecule has 2 aromatic heterocycles. The molecule has 32 heavy (non-hydrogen) atoms. The summed E-state index contributed by atoms with van der Waals surface area (Å²) in [6.45, 7) is 4.85. The Labute approximate surface area is 186 Å². The van der Waals surface area contributed by atoms with Gasteiger partial charge in [0.05, 0.1) is 12.9 Å². The number of benzene rings is 1. The fraction of sp³-hybridized carbons (Fsp3) is 0.455. The molecule has 0 spiro atoms. The Morgan fingerprint density at radius 3 is 2.84 bits per heavy atom. The monoisotopic (exact) mass is 440 g/mol. The van der Waals surface area contributed by atoms with Crippen LogP contribution in [0.1, 0.15) is 18.7 Å². The maximum Gasteiger partial charge on any atom is 0.302 e. The third kappa shape index (κ3) is 5.39. The van der Waals surface area contributed by atoms with E-state index in [-0.39, 0.29) is 24.9 Å². The number of carbonyl (C=O) groups is 1. The number of rotatable bonds is 9. The molecule has 1 aliphatic heterocycles. The van der Waals surface area contributed by atoms with E-state index >= 15 is 0 Å². The first kappa shape index (κ1) is 22.1. The van der Waals surface area contributed by atoms with Crippen molar-refractivity contribution in [1.82, 2.24) is 24.4 Å². The molecule has 0 amide bonds. The molecule has 4 rings (SSSR count). The maximum absolute atomic E-state index is 11.4. The molecule has 3 aromatic rings. The summed E-state index contributed by atoms with van der Waals surface area (Å²) in [4.78, 5) is 26.9. The molecule has 0 aliphatic carbocycles. The Kier molecular flexibility index (Phi) is 7.25. The van der Waals surface area contributed by atoms with Gasteiger partial charge in [0.25, 0.3) is 0 Å². The van der Waals surface area contributed by atoms with Gasteiger partial charge in [0.1, 0.15) is 25.3 Å². The lowest BCUT2D eigenvalue weighted by Crippen LogP contribution is -2.47. The van der Waals surface area contributed by atoms with Crippen LogP contribution in [-0.4, -0.2) is 76.5 Å². The fourth-order valence-corrected chi connectivity index (χ4v) is 3.78. The summed E-state index contributed by atoms with van der Waals surface area (Å²) in [5.41, 5.74) is 2.56. The maximum atomic E-state index is 11.4. The molecule has 1 fully saturated rings. The lowest BCUT2D eigenvalue weighted by atomic mass is 10.2. The molecule has 1 N–H and O–H groups in total. The van der Waals surface area contributed by atoms with Gasteiger partial charge in [-0.15, -0.1) is 0 Å². The minimum atomic E-state index is -0.334. The van der Waals surface area contributed by atoms with Gasteiger partial charge in [-0.3, -0.25) is 14.3 Å². The summed E-state index contributed by atoms with van der Waals surface area (Å²) in [6, 6.07) is 10.3. The second-order valence-corrected chi connectivity index (χ2v) is 7.66. The molecule has 0 bridgehead atoms. The van der Waals surface area contributed by atoms with E-state index in [4.69, 9.17) is 14.2 Å². The van der Waals surface area contributed by atoms with Gasteiger partial charge in [-0.1, -0.05) is 30.3 Å². The highest BCUT2D eigenvalue weighted by molar-refractivity contribution is 5.82. The van der Waals surface area contributed by atoms with Crippen LogP contribution in [0.4, 0.5) is 5.82 Å². The van der Waals surface area contributed by atoms with E-state index in [1.807, 2.05) is 22.8 Å². The van der Waals surface area contributed by atoms with Gasteiger partial charge in [0.2, 0.25) is 0 Å². The van der Waals surface area contributed by atoms with Crippen LogP contribution in [0.15, 0.2) is 43.0 Å². The van der Waals surface area contributed by atoms with E-state index in [9.17, 15) is 4.79 Å². The van der Waals surface area contributed by atoms with Gasteiger partial charge in [0.15, 0.2) is 17.0 Å². The summed E-state index contributed by atoms with van der Waals surface area (Å²) < 4.78 is 18.6. The normalized spacial score (nSPS) is 19.2. The van der Waals surface area contributed by atoms with Gasteiger partial charge in [-0.05, 0) is 5.56 Å². The van der Waals surface area contributed by atoms with Crippen molar-refractivity contribution in [3.05, 3.63) is 48.5 Å². The first-order chi connectivity index (χ1) is 15.6. The lowest BCUT2D eigenvalue weighted by molar-refractivity contribution is -0.162. The summed E-state index contributed by atoms with van der Waals surface area (Å²) in [7, 11) is 1.65. The molecule has 0 radical (unpaired) electrons. The molecule has 2 atom stereocenters. The number of nitrogens with one attached hydrogen (secondary N) is 1. The van der Waals surface area contributed by atoms with Crippen LogP contribution < -0.4 is 5.32 Å². The highest BCUT2D eigenvalue weighted by Gasteiger charge is 2.31. The second kappa shape index (κ2) is 10.5. The highest BCUT2D eigenvalue weighted by Crippen LogP contribution is 2.26. The molecule has 1 saturated heterocycles. The summed E-state index contributed by atoms with van der Waals surface area (Å²) in [5.74, 6) is 0.331. The Balaban J connectivity index is 1.56. The molecule has 10 nitrogen and oxygen atoms in total. The van der Waals surface area contributed by atoms with E-state index in [1.165, 1.54) is 18.8 Å². The van der Waals surface area contributed by atoms with E-state index in [0.29, 0.717) is 43.2 Å². The average Bonchev–Trinajstić information content (AvgIpc) is 3.23. The van der Waals surface area contributed by atoms with E-state index < -0.39 is 0 Å². The first-order valence-electron chi connectivity index (χ1n) is 10.6. The van der Waals surface area contributed by atoms with Crippen molar-refractivity contribution in [2.75, 3.05) is 45.3 Å². The summed E-state index contributed by atoms with van der Waals surface area (Å²) in [6.07, 6.45) is 2.64. The predicted octanol–water partition coefficient (Wildman–Crippen LogP) is 1.85. The van der Waals surface area contributed by atoms with Crippen LogP contribution in [0.25, 0.3) is 11.2 Å². The van der Waals surface area contributed by atoms with Crippen molar-refractivity contribution in [2.45, 2.75) is 25.8 Å². The van der Waals surface area contributed by atoms with Crippen molar-refractivity contribution in [3.8, 4) is 0 Å². The number of carbonyl (C=O) groups excluding carboxylic acids is 1. The predicted molar refractivity (Wildman–Crippen MR) is 118 cm³/mol. The minimum Gasteiger partial charge on any atom is -0.463 e. The topological polar surface area (TPSA) is 104 Å². The number of anilines is 1. The van der Waals surface area contributed by atoms with Crippen molar-refractivity contribution in [1.29, 1.82) is 0 Å². The molecular formula is C22H28N6O4. The minimum absolute atomic E-state index is 0.197. The Hall–Kier alpha value is -3.08. The van der Waals surface area contributed by atoms with E-state index in [2.05, 4.69) is 37.3 Å². The molecule has 1 aliphatic rings. The molecular weight excluding hydrogens is 412 g/mol. The number of esters is 1. The van der Waals surface area contributed by atoms with Crippen molar-refractivity contribution >= 4 is 23.0 Å². The Bertz CT molecular complexity index is 1030. The van der Waals surface area contributed by atoms with Crippen LogP contribution in [0.5, 0.6) is 0 Å². The number of imidazole rings is 1. The number of aromatic nitrogens is 4. The first-order valence-corrected chi connectivity index (χ1v) is 10.6. The number of methoxy groups -OCH3 is 1. The van der Waals surface area contributed by atoms with Gasteiger partial charge in [-0.25, -0.2) is 15.0 Å². The summed E-state index contributed by atoms with van der Waals surface area (Å²) >= 11 is 0.